The van der Waals surface area contributed by atoms with E-state index in [-0.39, 0.29) is 30.2 Å². The van der Waals surface area contributed by atoms with Gasteiger partial charge in [0.25, 0.3) is 5.56 Å². The van der Waals surface area contributed by atoms with Gasteiger partial charge in [0.1, 0.15) is 4.83 Å². The molecule has 1 aromatic carbocycles. The van der Waals surface area contributed by atoms with Crippen LogP contribution in [0.3, 0.4) is 0 Å². The van der Waals surface area contributed by atoms with E-state index in [0.29, 0.717) is 27.6 Å². The topological polar surface area (TPSA) is 98.3 Å². The summed E-state index contributed by atoms with van der Waals surface area (Å²) in [4.78, 5) is 43.5. The first-order valence-corrected chi connectivity index (χ1v) is 10.7. The van der Waals surface area contributed by atoms with Gasteiger partial charge in [-0.2, -0.15) is 0 Å². The monoisotopic (exact) mass is 428 g/mol. The van der Waals surface area contributed by atoms with E-state index in [9.17, 15) is 14.4 Å². The third kappa shape index (κ3) is 4.93. The molecule has 7 nitrogen and oxygen atoms in total. The molecule has 2 aromatic heterocycles. The number of anilines is 1. The fourth-order valence-corrected chi connectivity index (χ4v) is 4.45. The van der Waals surface area contributed by atoms with Crippen LogP contribution in [0.2, 0.25) is 0 Å². The predicted octanol–water partition coefficient (Wildman–Crippen LogP) is 2.64. The summed E-state index contributed by atoms with van der Waals surface area (Å²) in [6.07, 6.45) is 1.68. The van der Waals surface area contributed by atoms with E-state index in [1.165, 1.54) is 32.6 Å². The average Bonchev–Trinajstić information content (AvgIpc) is 3.18. The van der Waals surface area contributed by atoms with E-state index in [1.807, 2.05) is 23.6 Å². The number of amides is 2. The molecule has 0 spiro atoms. The second kappa shape index (κ2) is 9.53. The Kier molecular flexibility index (Phi) is 6.84. The lowest BCUT2D eigenvalue weighted by atomic mass is 10.2. The second-order valence-corrected chi connectivity index (χ2v) is 7.96. The summed E-state index contributed by atoms with van der Waals surface area (Å²) in [6.45, 7) is 4.19. The van der Waals surface area contributed by atoms with Gasteiger partial charge >= 0.3 is 0 Å². The normalized spacial score (nSPS) is 10.8. The number of thiophene rings is 1. The van der Waals surface area contributed by atoms with Crippen molar-refractivity contribution in [2.45, 2.75) is 18.1 Å². The second-order valence-electron chi connectivity index (χ2n) is 6.12. The first kappa shape index (κ1) is 20.8. The Bertz CT molecular complexity index is 1090. The number of rotatable bonds is 9. The highest BCUT2D eigenvalue weighted by Crippen LogP contribution is 2.23. The van der Waals surface area contributed by atoms with Crippen LogP contribution in [0, 0.1) is 0 Å². The number of fused-ring (bicyclic) bond motifs is 1. The van der Waals surface area contributed by atoms with Crippen molar-refractivity contribution in [3.05, 3.63) is 64.8 Å². The zero-order valence-electron chi connectivity index (χ0n) is 15.6. The highest BCUT2D eigenvalue weighted by atomic mass is 32.2. The van der Waals surface area contributed by atoms with Crippen LogP contribution in [-0.2, 0) is 16.1 Å². The molecule has 0 fully saturated rings. The summed E-state index contributed by atoms with van der Waals surface area (Å²) in [5.41, 5.74) is 5.79. The summed E-state index contributed by atoms with van der Waals surface area (Å²) >= 11 is 2.57. The van der Waals surface area contributed by atoms with Crippen LogP contribution >= 0.6 is 23.1 Å². The average molecular weight is 429 g/mol. The maximum Gasteiger partial charge on any atom is 0.263 e. The molecule has 0 aliphatic carbocycles. The molecule has 3 aromatic rings. The largest absolute Gasteiger partial charge is 0.370 e. The van der Waals surface area contributed by atoms with Gasteiger partial charge in [0.15, 0.2) is 5.16 Å². The molecule has 9 heteroatoms. The van der Waals surface area contributed by atoms with Crippen LogP contribution in [0.25, 0.3) is 10.2 Å². The number of hydrogen-bond acceptors (Lipinski definition) is 6. The lowest BCUT2D eigenvalue weighted by Gasteiger charge is -2.22. The zero-order chi connectivity index (χ0) is 20.8. The van der Waals surface area contributed by atoms with Gasteiger partial charge in [-0.25, -0.2) is 4.98 Å². The molecule has 2 N–H and O–H groups in total. The van der Waals surface area contributed by atoms with Crippen molar-refractivity contribution in [2.75, 3.05) is 17.2 Å². The van der Waals surface area contributed by atoms with Crippen LogP contribution in [0.4, 0.5) is 5.69 Å². The number of allylic oxidation sites excluding steroid dienone is 1. The fraction of sp³-hybridized carbons (Fsp3) is 0.200. The number of carbonyl (C=O) groups excluding carboxylic acids is 2. The standard InChI is InChI=1S/C20H20N4O3S2/c1-2-10-24-19(27)15-9-12-28-18(15)22-20(24)29-13-17(26)23(11-8-16(21)25)14-6-4-3-5-7-14/h2-7,9,12H,1,8,10-11,13H2,(H2,21,25). The highest BCUT2D eigenvalue weighted by Gasteiger charge is 2.19. The van der Waals surface area contributed by atoms with Crippen molar-refractivity contribution in [1.82, 2.24) is 9.55 Å². The molecule has 0 aliphatic heterocycles. The number of hydrogen-bond donors (Lipinski definition) is 1. The zero-order valence-corrected chi connectivity index (χ0v) is 17.2. The van der Waals surface area contributed by atoms with Crippen LogP contribution in [0.5, 0.6) is 0 Å². The fourth-order valence-electron chi connectivity index (χ4n) is 2.76. The van der Waals surface area contributed by atoms with Crippen molar-refractivity contribution < 1.29 is 9.59 Å². The number of benzene rings is 1. The van der Waals surface area contributed by atoms with Gasteiger partial charge in [-0.15, -0.1) is 17.9 Å². The number of carbonyl (C=O) groups is 2. The van der Waals surface area contributed by atoms with E-state index in [0.717, 1.165) is 0 Å². The minimum absolute atomic E-state index is 0.0614. The van der Waals surface area contributed by atoms with E-state index >= 15 is 0 Å². The minimum Gasteiger partial charge on any atom is -0.370 e. The summed E-state index contributed by atoms with van der Waals surface area (Å²) in [6, 6.07) is 10.8. The Hall–Kier alpha value is -2.91. The van der Waals surface area contributed by atoms with Crippen LogP contribution in [0.15, 0.2) is 64.4 Å². The lowest BCUT2D eigenvalue weighted by molar-refractivity contribution is -0.118. The number of thioether (sulfide) groups is 1. The molecule has 0 saturated heterocycles. The summed E-state index contributed by atoms with van der Waals surface area (Å²) in [5.74, 6) is -0.613. The Morgan fingerprint density at radius 1 is 1.28 bits per heavy atom. The first-order valence-electron chi connectivity index (χ1n) is 8.86. The first-order chi connectivity index (χ1) is 14.0. The van der Waals surface area contributed by atoms with Crippen molar-refractivity contribution >= 4 is 50.8 Å². The molecule has 2 amide bonds. The third-order valence-corrected chi connectivity index (χ3v) is 5.90. The van der Waals surface area contributed by atoms with Crippen molar-refractivity contribution in [2.24, 2.45) is 5.73 Å². The SMILES string of the molecule is C=CCn1c(SCC(=O)N(CCC(N)=O)c2ccccc2)nc2sccc2c1=O. The predicted molar refractivity (Wildman–Crippen MR) is 117 cm³/mol. The molecule has 0 bridgehead atoms. The summed E-state index contributed by atoms with van der Waals surface area (Å²) < 4.78 is 1.51. The van der Waals surface area contributed by atoms with E-state index in [1.54, 1.807) is 24.3 Å². The van der Waals surface area contributed by atoms with Gasteiger partial charge in [-0.05, 0) is 23.6 Å². The molecular formula is C20H20N4O3S2. The van der Waals surface area contributed by atoms with Gasteiger partial charge in [0, 0.05) is 25.2 Å². The van der Waals surface area contributed by atoms with Gasteiger partial charge < -0.3 is 10.6 Å². The maximum atomic E-state index is 12.9. The van der Waals surface area contributed by atoms with Gasteiger partial charge in [-0.3, -0.25) is 19.0 Å². The van der Waals surface area contributed by atoms with Crippen LogP contribution < -0.4 is 16.2 Å². The molecule has 0 radical (unpaired) electrons. The summed E-state index contributed by atoms with van der Waals surface area (Å²) in [7, 11) is 0. The molecule has 3 rings (SSSR count). The molecule has 0 aliphatic rings. The van der Waals surface area contributed by atoms with E-state index in [4.69, 9.17) is 5.73 Å². The Labute approximate surface area is 175 Å². The Balaban J connectivity index is 1.84. The van der Waals surface area contributed by atoms with Gasteiger partial charge in [0.2, 0.25) is 11.8 Å². The molecule has 150 valence electrons. The smallest absolute Gasteiger partial charge is 0.263 e. The number of nitrogens with two attached hydrogens (primary N) is 1. The van der Waals surface area contributed by atoms with E-state index < -0.39 is 5.91 Å². The number of aromatic nitrogens is 2. The van der Waals surface area contributed by atoms with Gasteiger partial charge in [0.05, 0.1) is 11.1 Å². The lowest BCUT2D eigenvalue weighted by Crippen LogP contribution is -2.35. The molecule has 29 heavy (non-hydrogen) atoms. The van der Waals surface area contributed by atoms with Crippen LogP contribution in [0.1, 0.15) is 6.42 Å². The Morgan fingerprint density at radius 3 is 2.72 bits per heavy atom. The minimum atomic E-state index is -0.476. The van der Waals surface area contributed by atoms with Crippen LogP contribution in [-0.4, -0.2) is 33.7 Å². The highest BCUT2D eigenvalue weighted by molar-refractivity contribution is 7.99. The van der Waals surface area contributed by atoms with Crippen molar-refractivity contribution in [3.63, 3.8) is 0 Å². The number of nitrogens with zero attached hydrogens (tertiary/aromatic N) is 3. The van der Waals surface area contributed by atoms with Gasteiger partial charge in [-0.1, -0.05) is 36.0 Å². The molecule has 0 atom stereocenters. The molecule has 2 heterocycles. The summed E-state index contributed by atoms with van der Waals surface area (Å²) in [5, 5.41) is 2.83. The third-order valence-electron chi connectivity index (χ3n) is 4.14. The molecular weight excluding hydrogens is 408 g/mol. The molecule has 0 unspecified atom stereocenters. The van der Waals surface area contributed by atoms with E-state index in [2.05, 4.69) is 11.6 Å². The van der Waals surface area contributed by atoms with Crippen molar-refractivity contribution in [3.8, 4) is 0 Å². The van der Waals surface area contributed by atoms with Crippen molar-refractivity contribution in [1.29, 1.82) is 0 Å². The Morgan fingerprint density at radius 2 is 2.03 bits per heavy atom. The number of primary amides is 1. The number of para-hydroxylation sites is 1. The quantitative estimate of drug-likeness (QED) is 0.321. The maximum absolute atomic E-state index is 12.9. The molecule has 0 saturated carbocycles.